The molecule has 1 fully saturated rings. The molecule has 4 heteroatoms. The van der Waals surface area contributed by atoms with Gasteiger partial charge in [-0.2, -0.15) is 0 Å². The molecule has 106 valence electrons. The first-order valence-electron chi connectivity index (χ1n) is 6.97. The summed E-state index contributed by atoms with van der Waals surface area (Å²) in [6, 6.07) is 7.20. The fourth-order valence-electron chi connectivity index (χ4n) is 2.51. The average molecular weight is 272 g/mol. The largest absolute Gasteiger partial charge is 0.394 e. The number of hydrogen-bond acceptors (Lipinski definition) is 3. The minimum absolute atomic E-state index is 0.0262. The highest BCUT2D eigenvalue weighted by atomic mass is 16.3. The van der Waals surface area contributed by atoms with E-state index < -0.39 is 0 Å². The molecular formula is C16H20N2O2. The van der Waals surface area contributed by atoms with Gasteiger partial charge in [0.15, 0.2) is 0 Å². The van der Waals surface area contributed by atoms with E-state index in [2.05, 4.69) is 11.8 Å². The number of benzene rings is 1. The number of rotatable bonds is 2. The summed E-state index contributed by atoms with van der Waals surface area (Å²) in [5.41, 5.74) is 6.76. The predicted octanol–water partition coefficient (Wildman–Crippen LogP) is 0.984. The van der Waals surface area contributed by atoms with Crippen LogP contribution in [0.1, 0.15) is 35.2 Å². The molecule has 2 rings (SSSR count). The lowest BCUT2D eigenvalue weighted by molar-refractivity contribution is 0.0503. The summed E-state index contributed by atoms with van der Waals surface area (Å²) in [6.45, 7) is 1.04. The number of carbonyl (C=O) groups excluding carboxylic acids is 1. The molecule has 4 nitrogen and oxygen atoms in total. The van der Waals surface area contributed by atoms with Crippen molar-refractivity contribution in [3.8, 4) is 11.8 Å². The molecule has 1 aromatic rings. The van der Waals surface area contributed by atoms with Gasteiger partial charge in [-0.05, 0) is 37.5 Å². The van der Waals surface area contributed by atoms with Gasteiger partial charge in [0.25, 0.3) is 5.91 Å². The summed E-state index contributed by atoms with van der Waals surface area (Å²) in [6.07, 6.45) is 2.93. The standard InChI is InChI=1S/C16H20N2O2/c17-9-4-6-13-5-3-7-14(11-13)16(20)18-10-2-1-8-15(18)12-19/h3,5,7,11,15,19H,1-2,8-10,12,17H2. The molecule has 1 saturated heterocycles. The van der Waals surface area contributed by atoms with Crippen molar-refractivity contribution in [3.63, 3.8) is 0 Å². The second-order valence-electron chi connectivity index (χ2n) is 4.92. The lowest BCUT2D eigenvalue weighted by atomic mass is 10.0. The second kappa shape index (κ2) is 7.09. The summed E-state index contributed by atoms with van der Waals surface area (Å²) in [4.78, 5) is 14.3. The summed E-state index contributed by atoms with van der Waals surface area (Å²) in [7, 11) is 0. The van der Waals surface area contributed by atoms with Gasteiger partial charge in [0.2, 0.25) is 0 Å². The van der Waals surface area contributed by atoms with Crippen molar-refractivity contribution < 1.29 is 9.90 Å². The monoisotopic (exact) mass is 272 g/mol. The van der Waals surface area contributed by atoms with Gasteiger partial charge in [0, 0.05) is 17.7 Å². The molecule has 0 radical (unpaired) electrons. The van der Waals surface area contributed by atoms with Crippen LogP contribution in [0.2, 0.25) is 0 Å². The van der Waals surface area contributed by atoms with Gasteiger partial charge in [-0.15, -0.1) is 0 Å². The maximum Gasteiger partial charge on any atom is 0.254 e. The quantitative estimate of drug-likeness (QED) is 0.789. The van der Waals surface area contributed by atoms with Gasteiger partial charge in [-0.3, -0.25) is 4.79 Å². The zero-order chi connectivity index (χ0) is 14.4. The van der Waals surface area contributed by atoms with E-state index in [9.17, 15) is 9.90 Å². The van der Waals surface area contributed by atoms with Gasteiger partial charge in [-0.1, -0.05) is 17.9 Å². The van der Waals surface area contributed by atoms with Crippen LogP contribution in [0.3, 0.4) is 0 Å². The third-order valence-corrected chi connectivity index (χ3v) is 3.54. The Morgan fingerprint density at radius 3 is 3.05 bits per heavy atom. The van der Waals surface area contributed by atoms with Crippen LogP contribution in [0.15, 0.2) is 24.3 Å². The lowest BCUT2D eigenvalue weighted by Gasteiger charge is -2.34. The van der Waals surface area contributed by atoms with Crippen LogP contribution in [-0.2, 0) is 0 Å². The topological polar surface area (TPSA) is 66.6 Å². The number of carbonyl (C=O) groups is 1. The average Bonchev–Trinajstić information content (AvgIpc) is 2.52. The van der Waals surface area contributed by atoms with Crippen LogP contribution in [0, 0.1) is 11.8 Å². The first-order chi connectivity index (χ1) is 9.76. The maximum absolute atomic E-state index is 12.5. The maximum atomic E-state index is 12.5. The van der Waals surface area contributed by atoms with Crippen molar-refractivity contribution in [3.05, 3.63) is 35.4 Å². The van der Waals surface area contributed by atoms with Crippen molar-refractivity contribution in [2.75, 3.05) is 19.7 Å². The molecule has 0 spiro atoms. The van der Waals surface area contributed by atoms with Crippen LogP contribution in [0.5, 0.6) is 0 Å². The molecule has 1 aromatic carbocycles. The van der Waals surface area contributed by atoms with Gasteiger partial charge in [0.1, 0.15) is 0 Å². The summed E-state index contributed by atoms with van der Waals surface area (Å²) in [5.74, 6) is 5.69. The van der Waals surface area contributed by atoms with Gasteiger partial charge in [-0.25, -0.2) is 0 Å². The van der Waals surface area contributed by atoms with Gasteiger partial charge in [0.05, 0.1) is 19.2 Å². The number of piperidine rings is 1. The highest BCUT2D eigenvalue weighted by Gasteiger charge is 2.26. The number of aliphatic hydroxyl groups excluding tert-OH is 1. The molecule has 3 N–H and O–H groups in total. The molecule has 20 heavy (non-hydrogen) atoms. The van der Waals surface area contributed by atoms with Crippen molar-refractivity contribution >= 4 is 5.91 Å². The van der Waals surface area contributed by atoms with Crippen LogP contribution in [-0.4, -0.2) is 41.7 Å². The number of likely N-dealkylation sites (tertiary alicyclic amines) is 1. The molecule has 1 aliphatic heterocycles. The second-order valence-corrected chi connectivity index (χ2v) is 4.92. The minimum Gasteiger partial charge on any atom is -0.394 e. The Morgan fingerprint density at radius 1 is 1.45 bits per heavy atom. The molecule has 0 bridgehead atoms. The lowest BCUT2D eigenvalue weighted by Crippen LogP contribution is -2.45. The minimum atomic E-state index is -0.0602. The van der Waals surface area contributed by atoms with E-state index in [4.69, 9.17) is 5.73 Å². The van der Waals surface area contributed by atoms with Crippen LogP contribution in [0.25, 0.3) is 0 Å². The van der Waals surface area contributed by atoms with Crippen LogP contribution in [0.4, 0.5) is 0 Å². The Morgan fingerprint density at radius 2 is 2.30 bits per heavy atom. The first-order valence-corrected chi connectivity index (χ1v) is 6.97. The van der Waals surface area contributed by atoms with E-state index in [0.29, 0.717) is 18.7 Å². The van der Waals surface area contributed by atoms with Crippen molar-refractivity contribution in [1.29, 1.82) is 0 Å². The number of aliphatic hydroxyl groups is 1. The molecule has 0 aliphatic carbocycles. The third-order valence-electron chi connectivity index (χ3n) is 3.54. The summed E-state index contributed by atoms with van der Waals surface area (Å²) >= 11 is 0. The normalized spacial score (nSPS) is 18.3. The Hall–Kier alpha value is -1.83. The molecule has 1 heterocycles. The molecule has 1 amide bonds. The van der Waals surface area contributed by atoms with Gasteiger partial charge < -0.3 is 15.7 Å². The van der Waals surface area contributed by atoms with E-state index in [1.54, 1.807) is 17.0 Å². The summed E-state index contributed by atoms with van der Waals surface area (Å²) < 4.78 is 0. The number of hydrogen-bond donors (Lipinski definition) is 2. The Balaban J connectivity index is 2.19. The molecule has 0 saturated carbocycles. The molecule has 1 unspecified atom stereocenters. The Kier molecular flexibility index (Phi) is 5.16. The Labute approximate surface area is 119 Å². The zero-order valence-corrected chi connectivity index (χ0v) is 11.5. The zero-order valence-electron chi connectivity index (χ0n) is 11.5. The molecular weight excluding hydrogens is 252 g/mol. The number of nitrogens with two attached hydrogens (primary N) is 1. The van der Waals surface area contributed by atoms with E-state index in [1.165, 1.54) is 0 Å². The highest BCUT2D eigenvalue weighted by Crippen LogP contribution is 2.19. The van der Waals surface area contributed by atoms with Crippen LogP contribution < -0.4 is 5.73 Å². The molecule has 1 atom stereocenters. The van der Waals surface area contributed by atoms with Crippen molar-refractivity contribution in [2.45, 2.75) is 25.3 Å². The van der Waals surface area contributed by atoms with E-state index >= 15 is 0 Å². The van der Waals surface area contributed by atoms with Crippen molar-refractivity contribution in [1.82, 2.24) is 4.90 Å². The molecule has 0 aromatic heterocycles. The number of amides is 1. The Bertz CT molecular complexity index is 531. The fraction of sp³-hybridized carbons (Fsp3) is 0.438. The van der Waals surface area contributed by atoms with E-state index in [1.807, 2.05) is 12.1 Å². The SMILES string of the molecule is NCC#Cc1cccc(C(=O)N2CCCCC2CO)c1. The van der Waals surface area contributed by atoms with E-state index in [0.717, 1.165) is 24.8 Å². The predicted molar refractivity (Wildman–Crippen MR) is 78.1 cm³/mol. The molecule has 1 aliphatic rings. The van der Waals surface area contributed by atoms with Crippen molar-refractivity contribution in [2.24, 2.45) is 5.73 Å². The first kappa shape index (κ1) is 14.6. The van der Waals surface area contributed by atoms with E-state index in [-0.39, 0.29) is 18.6 Å². The number of nitrogens with zero attached hydrogens (tertiary/aromatic N) is 1. The summed E-state index contributed by atoms with van der Waals surface area (Å²) in [5, 5.41) is 9.40. The highest BCUT2D eigenvalue weighted by molar-refractivity contribution is 5.94. The third kappa shape index (κ3) is 3.38. The van der Waals surface area contributed by atoms with Crippen LogP contribution >= 0.6 is 0 Å². The van der Waals surface area contributed by atoms with Gasteiger partial charge >= 0.3 is 0 Å². The smallest absolute Gasteiger partial charge is 0.254 e. The fourth-order valence-corrected chi connectivity index (χ4v) is 2.51.